The highest BCUT2D eigenvalue weighted by Gasteiger charge is 2.14. The van der Waals surface area contributed by atoms with Gasteiger partial charge in [0, 0.05) is 16.1 Å². The van der Waals surface area contributed by atoms with E-state index in [9.17, 15) is 9.59 Å². The third-order valence-corrected chi connectivity index (χ3v) is 3.66. The molecule has 0 aliphatic heterocycles. The van der Waals surface area contributed by atoms with Crippen molar-refractivity contribution >= 4 is 40.1 Å². The van der Waals surface area contributed by atoms with Gasteiger partial charge in [0.05, 0.1) is 11.7 Å². The number of ether oxygens (including phenoxy) is 1. The smallest absolute Gasteiger partial charge is 0.338 e. The van der Waals surface area contributed by atoms with Crippen LogP contribution in [0.4, 0.5) is 5.69 Å². The Balaban J connectivity index is 1.72. The van der Waals surface area contributed by atoms with Crippen LogP contribution in [0.3, 0.4) is 0 Å². The fraction of sp³-hybridized carbons (Fsp3) is 0.158. The molecule has 3 aromatic rings. The van der Waals surface area contributed by atoms with Gasteiger partial charge in [-0.25, -0.2) is 4.79 Å². The molecule has 5 nitrogen and oxygen atoms in total. The van der Waals surface area contributed by atoms with E-state index in [0.717, 1.165) is 5.39 Å². The van der Waals surface area contributed by atoms with E-state index < -0.39 is 5.97 Å². The van der Waals surface area contributed by atoms with E-state index in [1.807, 2.05) is 0 Å². The normalized spacial score (nSPS) is 10.9. The summed E-state index contributed by atoms with van der Waals surface area (Å²) in [5.74, 6) is -0.604. The minimum Gasteiger partial charge on any atom is -0.459 e. The molecule has 0 fully saturated rings. The highest BCUT2D eigenvalue weighted by atomic mass is 35.5. The van der Waals surface area contributed by atoms with Crippen molar-refractivity contribution in [1.29, 1.82) is 0 Å². The number of nitrogens with one attached hydrogen (secondary N) is 1. The van der Waals surface area contributed by atoms with Gasteiger partial charge in [-0.1, -0.05) is 11.6 Å². The zero-order chi connectivity index (χ0) is 18.0. The van der Waals surface area contributed by atoms with Crippen LogP contribution < -0.4 is 5.32 Å². The van der Waals surface area contributed by atoms with Crippen LogP contribution in [0.2, 0.25) is 5.02 Å². The molecule has 2 aromatic carbocycles. The molecule has 3 rings (SSSR count). The zero-order valence-electron chi connectivity index (χ0n) is 13.7. The summed E-state index contributed by atoms with van der Waals surface area (Å²) in [6.45, 7) is 3.57. The molecule has 0 aliphatic carbocycles. The molecule has 0 radical (unpaired) electrons. The van der Waals surface area contributed by atoms with E-state index in [1.54, 1.807) is 62.4 Å². The molecule has 1 N–H and O–H groups in total. The lowest BCUT2D eigenvalue weighted by Gasteiger charge is -2.08. The van der Waals surface area contributed by atoms with Crippen molar-refractivity contribution in [3.05, 3.63) is 64.9 Å². The Labute approximate surface area is 149 Å². The Kier molecular flexibility index (Phi) is 4.76. The molecule has 1 amide bonds. The maximum Gasteiger partial charge on any atom is 0.338 e. The monoisotopic (exact) mass is 357 g/mol. The second kappa shape index (κ2) is 6.99. The molecule has 0 aliphatic rings. The van der Waals surface area contributed by atoms with Crippen molar-refractivity contribution in [2.24, 2.45) is 0 Å². The van der Waals surface area contributed by atoms with Crippen LogP contribution in [0.15, 0.2) is 52.9 Å². The summed E-state index contributed by atoms with van der Waals surface area (Å²) in [6, 6.07) is 13.2. The summed E-state index contributed by atoms with van der Waals surface area (Å²) < 4.78 is 10.6. The lowest BCUT2D eigenvalue weighted by Crippen LogP contribution is -2.13. The number of amides is 1. The number of benzene rings is 2. The van der Waals surface area contributed by atoms with Crippen molar-refractivity contribution in [2.45, 2.75) is 20.0 Å². The van der Waals surface area contributed by atoms with Crippen molar-refractivity contribution in [3.8, 4) is 0 Å². The minimum absolute atomic E-state index is 0.181. The average molecular weight is 358 g/mol. The molecule has 25 heavy (non-hydrogen) atoms. The fourth-order valence-electron chi connectivity index (χ4n) is 2.29. The Morgan fingerprint density at radius 3 is 2.48 bits per heavy atom. The first-order valence-electron chi connectivity index (χ1n) is 7.74. The van der Waals surface area contributed by atoms with Gasteiger partial charge in [0.2, 0.25) is 0 Å². The van der Waals surface area contributed by atoms with Gasteiger partial charge in [-0.3, -0.25) is 4.79 Å². The van der Waals surface area contributed by atoms with E-state index in [0.29, 0.717) is 21.9 Å². The van der Waals surface area contributed by atoms with Crippen LogP contribution >= 0.6 is 11.6 Å². The third-order valence-electron chi connectivity index (χ3n) is 3.42. The molecular formula is C19H16ClNO4. The van der Waals surface area contributed by atoms with Gasteiger partial charge < -0.3 is 14.5 Å². The molecule has 1 heterocycles. The van der Waals surface area contributed by atoms with E-state index in [4.69, 9.17) is 20.8 Å². The summed E-state index contributed by atoms with van der Waals surface area (Å²) in [6.07, 6.45) is -0.187. The predicted molar refractivity (Wildman–Crippen MR) is 96.2 cm³/mol. The van der Waals surface area contributed by atoms with Gasteiger partial charge in [0.1, 0.15) is 5.58 Å². The predicted octanol–water partition coefficient (Wildman–Crippen LogP) is 4.90. The first-order chi connectivity index (χ1) is 11.9. The Morgan fingerprint density at radius 1 is 1.08 bits per heavy atom. The van der Waals surface area contributed by atoms with Gasteiger partial charge in [0.25, 0.3) is 5.91 Å². The first kappa shape index (κ1) is 17.0. The number of carbonyl (C=O) groups is 2. The van der Waals surface area contributed by atoms with Crippen LogP contribution in [-0.4, -0.2) is 18.0 Å². The Hall–Kier alpha value is -2.79. The first-order valence-corrected chi connectivity index (χ1v) is 8.11. The largest absolute Gasteiger partial charge is 0.459 e. The maximum absolute atomic E-state index is 12.3. The molecule has 128 valence electrons. The number of hydrogen-bond acceptors (Lipinski definition) is 4. The van der Waals surface area contributed by atoms with Gasteiger partial charge in [-0.15, -0.1) is 0 Å². The topological polar surface area (TPSA) is 68.5 Å². The van der Waals surface area contributed by atoms with Gasteiger partial charge >= 0.3 is 5.97 Å². The van der Waals surface area contributed by atoms with Gasteiger partial charge in [-0.2, -0.15) is 0 Å². The van der Waals surface area contributed by atoms with Crippen molar-refractivity contribution in [3.63, 3.8) is 0 Å². The molecular weight excluding hydrogens is 342 g/mol. The van der Waals surface area contributed by atoms with Crippen LogP contribution in [0.25, 0.3) is 11.0 Å². The quantitative estimate of drug-likeness (QED) is 0.674. The van der Waals surface area contributed by atoms with Crippen molar-refractivity contribution in [2.75, 3.05) is 5.32 Å². The number of fused-ring (bicyclic) bond motifs is 1. The molecule has 0 unspecified atom stereocenters. The summed E-state index contributed by atoms with van der Waals surface area (Å²) in [5, 5.41) is 4.05. The number of esters is 1. The highest BCUT2D eigenvalue weighted by molar-refractivity contribution is 6.31. The lowest BCUT2D eigenvalue weighted by molar-refractivity contribution is 0.0378. The second-order valence-corrected chi connectivity index (χ2v) is 6.21. The molecule has 0 saturated heterocycles. The molecule has 0 spiro atoms. The maximum atomic E-state index is 12.3. The third kappa shape index (κ3) is 4.00. The van der Waals surface area contributed by atoms with Crippen molar-refractivity contribution in [1.82, 2.24) is 0 Å². The number of furan rings is 1. The van der Waals surface area contributed by atoms with Crippen LogP contribution in [0, 0.1) is 0 Å². The van der Waals surface area contributed by atoms with Crippen LogP contribution in [0.5, 0.6) is 0 Å². The molecule has 0 atom stereocenters. The fourth-order valence-corrected chi connectivity index (χ4v) is 2.47. The summed E-state index contributed by atoms with van der Waals surface area (Å²) in [5.41, 5.74) is 1.55. The second-order valence-electron chi connectivity index (χ2n) is 5.78. The molecule has 6 heteroatoms. The Morgan fingerprint density at radius 2 is 1.80 bits per heavy atom. The number of anilines is 1. The average Bonchev–Trinajstić information content (AvgIpc) is 2.98. The number of halogens is 1. The van der Waals surface area contributed by atoms with Crippen LogP contribution in [0.1, 0.15) is 34.8 Å². The summed E-state index contributed by atoms with van der Waals surface area (Å²) in [4.78, 5) is 24.1. The zero-order valence-corrected chi connectivity index (χ0v) is 14.5. The van der Waals surface area contributed by atoms with Gasteiger partial charge in [0.15, 0.2) is 5.76 Å². The van der Waals surface area contributed by atoms with Gasteiger partial charge in [-0.05, 0) is 62.4 Å². The van der Waals surface area contributed by atoms with E-state index in [1.165, 1.54) is 0 Å². The molecule has 0 saturated carbocycles. The summed E-state index contributed by atoms with van der Waals surface area (Å²) in [7, 11) is 0. The van der Waals surface area contributed by atoms with Crippen molar-refractivity contribution < 1.29 is 18.7 Å². The molecule has 0 bridgehead atoms. The number of hydrogen-bond donors (Lipinski definition) is 1. The highest BCUT2D eigenvalue weighted by Crippen LogP contribution is 2.23. The SMILES string of the molecule is CC(C)OC(=O)c1ccc(NC(=O)c2cc3cc(Cl)ccc3o2)cc1. The van der Waals surface area contributed by atoms with E-state index in [-0.39, 0.29) is 17.8 Å². The lowest BCUT2D eigenvalue weighted by atomic mass is 10.2. The minimum atomic E-state index is -0.401. The Bertz CT molecular complexity index is 928. The van der Waals surface area contributed by atoms with E-state index >= 15 is 0 Å². The summed E-state index contributed by atoms with van der Waals surface area (Å²) >= 11 is 5.93. The molecule has 1 aromatic heterocycles. The van der Waals surface area contributed by atoms with Crippen LogP contribution in [-0.2, 0) is 4.74 Å². The number of rotatable bonds is 4. The van der Waals surface area contributed by atoms with E-state index in [2.05, 4.69) is 5.32 Å². The standard InChI is InChI=1S/C19H16ClNO4/c1-11(2)24-19(23)12-3-6-15(7-4-12)21-18(22)17-10-13-9-14(20)5-8-16(13)25-17/h3-11H,1-2H3,(H,21,22). The number of carbonyl (C=O) groups excluding carboxylic acids is 2.